The van der Waals surface area contributed by atoms with Gasteiger partial charge in [0.2, 0.25) is 5.91 Å². The zero-order valence-electron chi connectivity index (χ0n) is 12.6. The first-order valence-electron chi connectivity index (χ1n) is 7.38. The van der Waals surface area contributed by atoms with Gasteiger partial charge in [0, 0.05) is 24.8 Å². The van der Waals surface area contributed by atoms with Crippen molar-refractivity contribution in [3.8, 4) is 0 Å². The van der Waals surface area contributed by atoms with Gasteiger partial charge >= 0.3 is 0 Å². The van der Waals surface area contributed by atoms with Crippen molar-refractivity contribution in [1.82, 2.24) is 5.32 Å². The smallest absolute Gasteiger partial charge is 0.240 e. The van der Waals surface area contributed by atoms with Crippen molar-refractivity contribution in [2.45, 2.75) is 52.2 Å². The third-order valence-electron chi connectivity index (χ3n) is 3.83. The highest BCUT2D eigenvalue weighted by Gasteiger charge is 2.30. The molecule has 1 aliphatic rings. The summed E-state index contributed by atoms with van der Waals surface area (Å²) in [4.78, 5) is 13.8. The molecule has 4 heteroatoms. The van der Waals surface area contributed by atoms with Crippen LogP contribution in [0, 0.1) is 6.92 Å². The van der Waals surface area contributed by atoms with Crippen LogP contribution >= 0.6 is 0 Å². The number of nitrogens with one attached hydrogen (secondary N) is 1. The fraction of sp³-hybridized carbons (Fsp3) is 0.562. The van der Waals surface area contributed by atoms with Gasteiger partial charge in [0.1, 0.15) is 6.04 Å². The van der Waals surface area contributed by atoms with E-state index in [4.69, 9.17) is 5.73 Å². The van der Waals surface area contributed by atoms with E-state index in [9.17, 15) is 4.79 Å². The second-order valence-corrected chi connectivity index (χ2v) is 5.92. The van der Waals surface area contributed by atoms with E-state index in [-0.39, 0.29) is 11.9 Å². The quantitative estimate of drug-likeness (QED) is 0.863. The zero-order chi connectivity index (χ0) is 14.7. The first-order valence-corrected chi connectivity index (χ1v) is 7.38. The van der Waals surface area contributed by atoms with E-state index in [2.05, 4.69) is 49.2 Å². The molecule has 0 saturated carbocycles. The molecule has 0 radical (unpaired) electrons. The average Bonchev–Trinajstić information content (AvgIpc) is 2.85. The van der Waals surface area contributed by atoms with Gasteiger partial charge in [0.05, 0.1) is 0 Å². The van der Waals surface area contributed by atoms with E-state index in [1.807, 2.05) is 0 Å². The molecule has 1 fully saturated rings. The summed E-state index contributed by atoms with van der Waals surface area (Å²) in [6.45, 7) is 8.09. The first-order chi connectivity index (χ1) is 9.49. The molecule has 1 aromatic carbocycles. The molecule has 1 heterocycles. The Morgan fingerprint density at radius 2 is 2.25 bits per heavy atom. The normalized spacial score (nSPS) is 18.8. The lowest BCUT2D eigenvalue weighted by atomic mass is 10.1. The van der Waals surface area contributed by atoms with Crippen molar-refractivity contribution >= 4 is 11.6 Å². The Kier molecular flexibility index (Phi) is 4.65. The molecule has 1 unspecified atom stereocenters. The predicted octanol–water partition coefficient (Wildman–Crippen LogP) is 1.95. The first kappa shape index (κ1) is 14.9. The van der Waals surface area contributed by atoms with Crippen LogP contribution in [0.2, 0.25) is 0 Å². The van der Waals surface area contributed by atoms with E-state index in [1.165, 1.54) is 11.1 Å². The summed E-state index contributed by atoms with van der Waals surface area (Å²) < 4.78 is 0. The Morgan fingerprint density at radius 3 is 2.90 bits per heavy atom. The van der Waals surface area contributed by atoms with Crippen LogP contribution in [-0.4, -0.2) is 24.5 Å². The summed E-state index contributed by atoms with van der Waals surface area (Å²) in [5, 5.41) is 3.45. The minimum atomic E-state index is -0.217. The van der Waals surface area contributed by atoms with Crippen molar-refractivity contribution in [1.29, 1.82) is 0 Å². The highest BCUT2D eigenvalue weighted by molar-refractivity contribution is 5.84. The Bertz CT molecular complexity index is 485. The summed E-state index contributed by atoms with van der Waals surface area (Å²) in [5.41, 5.74) is 9.16. The predicted molar refractivity (Wildman–Crippen MR) is 82.7 cm³/mol. The van der Waals surface area contributed by atoms with Crippen molar-refractivity contribution < 1.29 is 4.79 Å². The van der Waals surface area contributed by atoms with E-state index in [0.717, 1.165) is 31.6 Å². The van der Waals surface area contributed by atoms with Gasteiger partial charge in [0.25, 0.3) is 0 Å². The number of rotatable bonds is 5. The number of hydrogen-bond donors (Lipinski definition) is 2. The molecule has 1 atom stereocenters. The SMILES string of the molecule is Cc1ccc(N2CCCC2C(N)=O)c(CNC(C)C)c1. The molecule has 0 spiro atoms. The van der Waals surface area contributed by atoms with Crippen LogP contribution < -0.4 is 16.0 Å². The largest absolute Gasteiger partial charge is 0.368 e. The molecule has 3 N–H and O–H groups in total. The maximum Gasteiger partial charge on any atom is 0.240 e. The van der Waals surface area contributed by atoms with Gasteiger partial charge in [0.15, 0.2) is 0 Å². The molecule has 2 rings (SSSR count). The van der Waals surface area contributed by atoms with E-state index >= 15 is 0 Å². The van der Waals surface area contributed by atoms with Crippen LogP contribution in [0.1, 0.15) is 37.8 Å². The maximum atomic E-state index is 11.6. The van der Waals surface area contributed by atoms with Crippen molar-refractivity contribution in [2.24, 2.45) is 5.73 Å². The van der Waals surface area contributed by atoms with Gasteiger partial charge in [-0.25, -0.2) is 0 Å². The second kappa shape index (κ2) is 6.27. The molecule has 110 valence electrons. The molecule has 1 aliphatic heterocycles. The highest BCUT2D eigenvalue weighted by atomic mass is 16.1. The monoisotopic (exact) mass is 275 g/mol. The Morgan fingerprint density at radius 1 is 1.50 bits per heavy atom. The molecule has 1 amide bonds. The Balaban J connectivity index is 2.27. The molecule has 0 aliphatic carbocycles. The van der Waals surface area contributed by atoms with Crippen LogP contribution in [-0.2, 0) is 11.3 Å². The number of carbonyl (C=O) groups excluding carboxylic acids is 1. The topological polar surface area (TPSA) is 58.4 Å². The number of benzene rings is 1. The Labute approximate surface area is 121 Å². The third-order valence-corrected chi connectivity index (χ3v) is 3.83. The van der Waals surface area contributed by atoms with E-state index in [1.54, 1.807) is 0 Å². The molecule has 0 bridgehead atoms. The van der Waals surface area contributed by atoms with Crippen molar-refractivity contribution in [3.05, 3.63) is 29.3 Å². The number of aryl methyl sites for hydroxylation is 1. The molecular weight excluding hydrogens is 250 g/mol. The molecule has 1 aromatic rings. The second-order valence-electron chi connectivity index (χ2n) is 5.92. The lowest BCUT2D eigenvalue weighted by Crippen LogP contribution is -2.41. The van der Waals surface area contributed by atoms with Crippen LogP contribution in [0.5, 0.6) is 0 Å². The number of hydrogen-bond acceptors (Lipinski definition) is 3. The molecule has 0 aromatic heterocycles. The summed E-state index contributed by atoms with van der Waals surface area (Å²) in [5.74, 6) is -0.217. The number of nitrogens with zero attached hydrogens (tertiary/aromatic N) is 1. The third kappa shape index (κ3) is 3.31. The summed E-state index contributed by atoms with van der Waals surface area (Å²) >= 11 is 0. The van der Waals surface area contributed by atoms with Crippen LogP contribution in [0.4, 0.5) is 5.69 Å². The van der Waals surface area contributed by atoms with Crippen LogP contribution in [0.3, 0.4) is 0 Å². The molecule has 4 nitrogen and oxygen atoms in total. The van der Waals surface area contributed by atoms with Gasteiger partial charge in [-0.05, 0) is 31.4 Å². The minimum absolute atomic E-state index is 0.157. The number of nitrogens with two attached hydrogens (primary N) is 1. The molecule has 1 saturated heterocycles. The zero-order valence-corrected chi connectivity index (χ0v) is 12.6. The summed E-state index contributed by atoms with van der Waals surface area (Å²) in [6.07, 6.45) is 1.89. The standard InChI is InChI=1S/C16H25N3O/c1-11(2)18-10-13-9-12(3)6-7-14(13)19-8-4-5-15(19)16(17)20/h6-7,9,11,15,18H,4-5,8,10H2,1-3H3,(H2,17,20). The summed E-state index contributed by atoms with van der Waals surface area (Å²) in [7, 11) is 0. The van der Waals surface area contributed by atoms with Gasteiger partial charge in [-0.2, -0.15) is 0 Å². The van der Waals surface area contributed by atoms with Gasteiger partial charge in [-0.1, -0.05) is 31.5 Å². The van der Waals surface area contributed by atoms with Crippen molar-refractivity contribution in [2.75, 3.05) is 11.4 Å². The van der Waals surface area contributed by atoms with Gasteiger partial charge in [-0.15, -0.1) is 0 Å². The summed E-state index contributed by atoms with van der Waals surface area (Å²) in [6, 6.07) is 6.70. The Hall–Kier alpha value is -1.55. The van der Waals surface area contributed by atoms with Gasteiger partial charge in [-0.3, -0.25) is 4.79 Å². The average molecular weight is 275 g/mol. The number of carbonyl (C=O) groups is 1. The van der Waals surface area contributed by atoms with E-state index in [0.29, 0.717) is 6.04 Å². The minimum Gasteiger partial charge on any atom is -0.368 e. The lowest BCUT2D eigenvalue weighted by Gasteiger charge is -2.27. The van der Waals surface area contributed by atoms with Crippen molar-refractivity contribution in [3.63, 3.8) is 0 Å². The fourth-order valence-electron chi connectivity index (χ4n) is 2.80. The van der Waals surface area contributed by atoms with Crippen LogP contribution in [0.15, 0.2) is 18.2 Å². The lowest BCUT2D eigenvalue weighted by molar-refractivity contribution is -0.119. The molecular formula is C16H25N3O. The van der Waals surface area contributed by atoms with Crippen LogP contribution in [0.25, 0.3) is 0 Å². The fourth-order valence-corrected chi connectivity index (χ4v) is 2.80. The highest BCUT2D eigenvalue weighted by Crippen LogP contribution is 2.29. The van der Waals surface area contributed by atoms with Gasteiger partial charge < -0.3 is 16.0 Å². The van der Waals surface area contributed by atoms with E-state index < -0.39 is 0 Å². The number of amides is 1. The number of primary amides is 1. The molecule has 20 heavy (non-hydrogen) atoms. The number of anilines is 1. The maximum absolute atomic E-state index is 11.6.